The van der Waals surface area contributed by atoms with Crippen molar-refractivity contribution in [3.05, 3.63) is 164 Å². The van der Waals surface area contributed by atoms with Crippen molar-refractivity contribution in [2.24, 2.45) is 21.1 Å². The number of aliphatic hydroxyl groups is 1. The number of H-pyrrole nitrogens is 3. The lowest BCUT2D eigenvalue weighted by Gasteiger charge is -2.33. The quantitative estimate of drug-likeness (QED) is 0.0430. The van der Waals surface area contributed by atoms with Crippen LogP contribution >= 0.6 is 0 Å². The predicted octanol–water partition coefficient (Wildman–Crippen LogP) is 7.83. The van der Waals surface area contributed by atoms with Crippen molar-refractivity contribution in [3.8, 4) is 79.6 Å². The molecule has 0 atom stereocenters. The number of nitrogens with zero attached hydrogens (tertiary/aromatic N) is 14. The number of ether oxygens (including phenoxy) is 3. The molecular weight excluding hydrogens is 1200 g/mol. The van der Waals surface area contributed by atoms with Crippen molar-refractivity contribution in [1.29, 1.82) is 0 Å². The van der Waals surface area contributed by atoms with Crippen LogP contribution in [0.15, 0.2) is 160 Å². The lowest BCUT2D eigenvalue weighted by atomic mass is 10.2. The normalized spacial score (nSPS) is 13.3. The molecule has 12 aromatic rings. The van der Waals surface area contributed by atoms with Gasteiger partial charge in [-0.1, -0.05) is 0 Å². The summed E-state index contributed by atoms with van der Waals surface area (Å²) in [5.74, 6) is 2.23. The summed E-state index contributed by atoms with van der Waals surface area (Å²) in [6.07, 6.45) is 20.2. The SMILES string of the molecule is CN1CCN(c2ccc(-c3nn(C)cc3NC(=O)c3ccc(-c4cn[nH]c4)o3)nc2)CC1.Cn1cc(NC(=O)c2ccc(-c3cn[nH]c3)o2)c(-c2ccc(OC3COC3)cn2)n1.Cn1cc(NC(=O)c2ccc(-c3cn[nH]c3)o2)c(-c2ccc(OCC(C)(C)O)cn2)n1. The Kier molecular flexibility index (Phi) is 17.9. The summed E-state index contributed by atoms with van der Waals surface area (Å²) in [6.45, 7) is 8.67. The minimum atomic E-state index is -0.944. The van der Waals surface area contributed by atoms with E-state index in [9.17, 15) is 19.5 Å². The molecule has 2 aliphatic heterocycles. The van der Waals surface area contributed by atoms with Gasteiger partial charge in [0.2, 0.25) is 0 Å². The summed E-state index contributed by atoms with van der Waals surface area (Å²) >= 11 is 0. The minimum absolute atomic E-state index is 0.0718. The third-order valence-electron chi connectivity index (χ3n) is 14.4. The Morgan fingerprint density at radius 1 is 0.538 bits per heavy atom. The van der Waals surface area contributed by atoms with Gasteiger partial charge in [-0.3, -0.25) is 58.7 Å². The summed E-state index contributed by atoms with van der Waals surface area (Å²) in [4.78, 5) is 56.2. The number of aromatic amines is 3. The van der Waals surface area contributed by atoms with Crippen LogP contribution in [0.5, 0.6) is 11.5 Å². The van der Waals surface area contributed by atoms with Gasteiger partial charge < -0.3 is 58.3 Å². The van der Waals surface area contributed by atoms with E-state index in [0.717, 1.165) is 48.6 Å². The van der Waals surface area contributed by atoms with Gasteiger partial charge in [0, 0.05) is 84.5 Å². The molecule has 14 rings (SSSR count). The Balaban J connectivity index is 0.000000134. The minimum Gasteiger partial charge on any atom is -0.489 e. The average Bonchev–Trinajstić information content (AvgIpc) is 2.39. The molecule has 0 aromatic carbocycles. The van der Waals surface area contributed by atoms with Crippen molar-refractivity contribution >= 4 is 40.5 Å². The fraction of sp³-hybridized carbons (Fsp3) is 0.238. The van der Waals surface area contributed by atoms with Crippen LogP contribution in [0.1, 0.15) is 45.5 Å². The second-order valence-corrected chi connectivity index (χ2v) is 22.3. The van der Waals surface area contributed by atoms with Gasteiger partial charge in [-0.05, 0) is 93.7 Å². The van der Waals surface area contributed by atoms with Crippen LogP contribution in [-0.4, -0.2) is 167 Å². The number of carbonyl (C=O) groups is 3. The van der Waals surface area contributed by atoms with Crippen molar-refractivity contribution in [3.63, 3.8) is 0 Å². The number of hydrogen-bond donors (Lipinski definition) is 7. The number of aromatic nitrogens is 15. The van der Waals surface area contributed by atoms with Gasteiger partial charge in [-0.15, -0.1) is 0 Å². The molecule has 0 radical (unpaired) electrons. The first-order valence-electron chi connectivity index (χ1n) is 29.2. The molecule has 0 saturated carbocycles. The zero-order valence-corrected chi connectivity index (χ0v) is 51.3. The highest BCUT2D eigenvalue weighted by Gasteiger charge is 2.25. The molecule has 3 amide bonds. The monoisotopic (exact) mass is 1260 g/mol. The zero-order chi connectivity index (χ0) is 64.6. The number of rotatable bonds is 18. The Morgan fingerprint density at radius 3 is 1.29 bits per heavy atom. The number of likely N-dealkylation sites (N-methyl/N-ethyl adjacent to an activating group) is 1. The molecule has 476 valence electrons. The van der Waals surface area contributed by atoms with Gasteiger partial charge >= 0.3 is 0 Å². The second kappa shape index (κ2) is 27.1. The van der Waals surface area contributed by atoms with E-state index in [2.05, 4.69) is 99.7 Å². The molecule has 0 spiro atoms. The maximum absolute atomic E-state index is 12.8. The fourth-order valence-electron chi connectivity index (χ4n) is 9.57. The molecule has 2 aliphatic rings. The summed E-state index contributed by atoms with van der Waals surface area (Å²) in [6, 6.07) is 21.1. The van der Waals surface area contributed by atoms with Crippen LogP contribution in [0.25, 0.3) is 68.1 Å². The fourth-order valence-corrected chi connectivity index (χ4v) is 9.57. The van der Waals surface area contributed by atoms with Crippen molar-refractivity contribution < 1.29 is 47.0 Å². The van der Waals surface area contributed by atoms with E-state index in [1.807, 2.05) is 25.4 Å². The van der Waals surface area contributed by atoms with Gasteiger partial charge in [0.05, 0.1) is 113 Å². The van der Waals surface area contributed by atoms with Crippen molar-refractivity contribution in [1.82, 2.24) is 79.8 Å². The van der Waals surface area contributed by atoms with Gasteiger partial charge in [0.25, 0.3) is 17.7 Å². The number of carbonyl (C=O) groups excluding carboxylic acids is 3. The lowest BCUT2D eigenvalue weighted by molar-refractivity contribution is -0.0797. The van der Waals surface area contributed by atoms with Crippen LogP contribution in [0.2, 0.25) is 0 Å². The first kappa shape index (κ1) is 61.5. The second-order valence-electron chi connectivity index (χ2n) is 22.3. The maximum atomic E-state index is 12.8. The van der Waals surface area contributed by atoms with Gasteiger partial charge in [0.15, 0.2) is 17.3 Å². The molecule has 12 aromatic heterocycles. The standard InChI is InChI=1S/C22H24N8O2.C21H22N6O4.C20H18N6O4/c1-28-7-9-30(10-8-28)16-3-4-17(23-13-16)21-18(14-29(2)27-21)26-22(31)20-6-5-19(32-20)15-11-24-25-12-15;1-21(2,29)12-30-14-4-5-15(22-10-14)19-16(11-27(3)26-19)25-20(28)18-7-6-17(31-18)13-8-23-24-9-13;1-26-9-16(24-20(27)18-5-4-17(30-18)12-6-22-23-7-12)19(25-26)15-3-2-13(8-21-15)29-14-10-28-11-14/h3-6,11-14H,7-10H2,1-2H3,(H,24,25)(H,26,31);4-11,29H,12H2,1-3H3,(H,23,24)(H,25,28);2-9,14H,10-11H2,1H3,(H,22,23)(H,24,27). The average molecular weight is 1260 g/mol. The highest BCUT2D eigenvalue weighted by atomic mass is 16.6. The number of aryl methyl sites for hydroxylation is 3. The highest BCUT2D eigenvalue weighted by Crippen LogP contribution is 2.32. The Morgan fingerprint density at radius 2 is 0.946 bits per heavy atom. The Hall–Kier alpha value is -11.8. The molecule has 93 heavy (non-hydrogen) atoms. The molecule has 7 N–H and O–H groups in total. The molecule has 30 nitrogen and oxygen atoms in total. The summed E-state index contributed by atoms with van der Waals surface area (Å²) in [5.41, 5.74) is 7.53. The number of furan rings is 3. The molecule has 2 fully saturated rings. The maximum Gasteiger partial charge on any atom is 0.291 e. The molecule has 0 aliphatic carbocycles. The van der Waals surface area contributed by atoms with Crippen molar-refractivity contribution in [2.75, 3.05) is 73.9 Å². The van der Waals surface area contributed by atoms with E-state index >= 15 is 0 Å². The number of pyridine rings is 3. The smallest absolute Gasteiger partial charge is 0.291 e. The number of anilines is 4. The molecule has 0 bridgehead atoms. The molecule has 14 heterocycles. The van der Waals surface area contributed by atoms with Gasteiger partial charge in [-0.2, -0.15) is 30.6 Å². The van der Waals surface area contributed by atoms with Crippen LogP contribution in [0, 0.1) is 0 Å². The van der Waals surface area contributed by atoms with Crippen LogP contribution in [-0.2, 0) is 25.9 Å². The zero-order valence-electron chi connectivity index (χ0n) is 51.3. The molecular formula is C63H64N20O10. The topological polar surface area (TPSA) is 359 Å². The molecule has 0 unspecified atom stereocenters. The third kappa shape index (κ3) is 15.1. The number of hydrogen-bond acceptors (Lipinski definition) is 21. The van der Waals surface area contributed by atoms with Crippen LogP contribution in [0.4, 0.5) is 22.7 Å². The number of amides is 3. The van der Waals surface area contributed by atoms with E-state index < -0.39 is 11.5 Å². The van der Waals surface area contributed by atoms with E-state index in [1.165, 1.54) is 0 Å². The van der Waals surface area contributed by atoms with Crippen molar-refractivity contribution in [2.45, 2.75) is 25.6 Å². The summed E-state index contributed by atoms with van der Waals surface area (Å²) in [7, 11) is 7.47. The third-order valence-corrected chi connectivity index (χ3v) is 14.4. The lowest BCUT2D eigenvalue weighted by Crippen LogP contribution is -2.44. The summed E-state index contributed by atoms with van der Waals surface area (Å²) in [5, 5.41) is 51.5. The van der Waals surface area contributed by atoms with E-state index in [0.29, 0.717) is 93.2 Å². The largest absolute Gasteiger partial charge is 0.489 e. The first-order valence-corrected chi connectivity index (χ1v) is 29.2. The van der Waals surface area contributed by atoms with Crippen LogP contribution < -0.4 is 30.3 Å². The van der Waals surface area contributed by atoms with Gasteiger partial charge in [-0.25, -0.2) is 0 Å². The first-order chi connectivity index (χ1) is 45.0. The van der Waals surface area contributed by atoms with E-state index in [4.69, 9.17) is 27.5 Å². The van der Waals surface area contributed by atoms with Gasteiger partial charge in [0.1, 0.15) is 58.6 Å². The predicted molar refractivity (Wildman–Crippen MR) is 339 cm³/mol. The summed E-state index contributed by atoms with van der Waals surface area (Å²) < 4.78 is 38.2. The van der Waals surface area contributed by atoms with E-state index in [1.54, 1.807) is 165 Å². The highest BCUT2D eigenvalue weighted by molar-refractivity contribution is 6.06. The Labute approximate surface area is 529 Å². The molecule has 30 heteroatoms. The van der Waals surface area contributed by atoms with Crippen LogP contribution in [0.3, 0.4) is 0 Å². The van der Waals surface area contributed by atoms with E-state index in [-0.39, 0.29) is 41.8 Å². The molecule has 2 saturated heterocycles. The number of piperazine rings is 1. The Bertz CT molecular complexity index is 4430. The number of nitrogens with one attached hydrogen (secondary N) is 6.